The topological polar surface area (TPSA) is 70.9 Å². The third-order valence-electron chi connectivity index (χ3n) is 4.57. The van der Waals surface area contributed by atoms with Crippen molar-refractivity contribution in [2.45, 2.75) is 13.1 Å². The SMILES string of the molecule is Cc1nc(N2CCN(c3nccc(-c4ccccn4)n3)CC2)cc(C(F)(F)F)n1. The molecule has 0 bridgehead atoms. The van der Waals surface area contributed by atoms with Crippen LogP contribution >= 0.6 is 0 Å². The molecule has 0 N–H and O–H groups in total. The van der Waals surface area contributed by atoms with Crippen molar-refractivity contribution in [1.29, 1.82) is 0 Å². The van der Waals surface area contributed by atoms with Crippen LogP contribution in [0.25, 0.3) is 11.4 Å². The molecule has 1 fully saturated rings. The second-order valence-electron chi connectivity index (χ2n) is 6.59. The number of piperazine rings is 1. The molecular formula is C19H18F3N7. The highest BCUT2D eigenvalue weighted by molar-refractivity contribution is 5.55. The standard InChI is InChI=1S/C19H18F3N7/c1-13-25-16(19(20,21)22)12-17(26-13)28-8-10-29(11-9-28)18-24-7-5-15(27-18)14-4-2-3-6-23-14/h2-7,12H,8-11H2,1H3. The van der Waals surface area contributed by atoms with Crippen LogP contribution in [0.15, 0.2) is 42.7 Å². The van der Waals surface area contributed by atoms with E-state index in [1.54, 1.807) is 18.5 Å². The minimum absolute atomic E-state index is 0.101. The molecule has 4 rings (SSSR count). The Kier molecular flexibility index (Phi) is 4.99. The highest BCUT2D eigenvalue weighted by atomic mass is 19.4. The molecule has 3 aromatic rings. The second-order valence-corrected chi connectivity index (χ2v) is 6.59. The molecular weight excluding hydrogens is 383 g/mol. The minimum atomic E-state index is -4.50. The van der Waals surface area contributed by atoms with Gasteiger partial charge in [-0.2, -0.15) is 13.2 Å². The summed E-state index contributed by atoms with van der Waals surface area (Å²) in [4.78, 5) is 24.7. The first-order valence-electron chi connectivity index (χ1n) is 9.07. The monoisotopic (exact) mass is 401 g/mol. The number of nitrogens with zero attached hydrogens (tertiary/aromatic N) is 7. The van der Waals surface area contributed by atoms with Crippen molar-refractivity contribution in [3.63, 3.8) is 0 Å². The van der Waals surface area contributed by atoms with Gasteiger partial charge in [-0.25, -0.2) is 19.9 Å². The van der Waals surface area contributed by atoms with Gasteiger partial charge in [0.1, 0.15) is 17.3 Å². The lowest BCUT2D eigenvalue weighted by atomic mass is 10.2. The van der Waals surface area contributed by atoms with Crippen LogP contribution in [0.5, 0.6) is 0 Å². The highest BCUT2D eigenvalue weighted by Gasteiger charge is 2.34. The molecule has 0 unspecified atom stereocenters. The Morgan fingerprint density at radius 3 is 2.28 bits per heavy atom. The fraction of sp³-hybridized carbons (Fsp3) is 0.316. The van der Waals surface area contributed by atoms with Gasteiger partial charge in [-0.3, -0.25) is 4.98 Å². The van der Waals surface area contributed by atoms with Crippen LogP contribution in [0.4, 0.5) is 24.9 Å². The zero-order valence-electron chi connectivity index (χ0n) is 15.6. The molecule has 4 heterocycles. The first kappa shape index (κ1) is 19.0. The van der Waals surface area contributed by atoms with Crippen molar-refractivity contribution in [3.05, 3.63) is 54.2 Å². The van der Waals surface area contributed by atoms with Gasteiger partial charge in [0, 0.05) is 44.6 Å². The first-order valence-corrected chi connectivity index (χ1v) is 9.07. The quantitative estimate of drug-likeness (QED) is 0.668. The predicted molar refractivity (Wildman–Crippen MR) is 101 cm³/mol. The average Bonchev–Trinajstić information content (AvgIpc) is 2.73. The van der Waals surface area contributed by atoms with Crippen LogP contribution in [0.2, 0.25) is 0 Å². The molecule has 0 spiro atoms. The zero-order valence-corrected chi connectivity index (χ0v) is 15.6. The molecule has 1 aliphatic heterocycles. The Labute approximate surface area is 165 Å². The van der Waals surface area contributed by atoms with Crippen LogP contribution in [0.1, 0.15) is 11.5 Å². The summed E-state index contributed by atoms with van der Waals surface area (Å²) in [5, 5.41) is 0. The number of anilines is 2. The Morgan fingerprint density at radius 1 is 0.828 bits per heavy atom. The lowest BCUT2D eigenvalue weighted by molar-refractivity contribution is -0.141. The number of rotatable bonds is 3. The van der Waals surface area contributed by atoms with Crippen molar-refractivity contribution in [1.82, 2.24) is 24.9 Å². The summed E-state index contributed by atoms with van der Waals surface area (Å²) in [7, 11) is 0. The third kappa shape index (κ3) is 4.25. The maximum atomic E-state index is 13.0. The molecule has 3 aromatic heterocycles. The molecule has 1 aliphatic rings. The van der Waals surface area contributed by atoms with Gasteiger partial charge in [-0.15, -0.1) is 0 Å². The summed E-state index contributed by atoms with van der Waals surface area (Å²) < 4.78 is 39.1. The number of aryl methyl sites for hydroxylation is 1. The van der Waals surface area contributed by atoms with Crippen LogP contribution < -0.4 is 9.80 Å². The predicted octanol–water partition coefficient (Wildman–Crippen LogP) is 2.98. The summed E-state index contributed by atoms with van der Waals surface area (Å²) in [5.74, 6) is 0.957. The molecule has 0 radical (unpaired) electrons. The van der Waals surface area contributed by atoms with Gasteiger partial charge in [0.25, 0.3) is 0 Å². The summed E-state index contributed by atoms with van der Waals surface area (Å²) in [6.45, 7) is 3.61. The van der Waals surface area contributed by atoms with E-state index in [1.165, 1.54) is 6.92 Å². The van der Waals surface area contributed by atoms with Crippen molar-refractivity contribution < 1.29 is 13.2 Å². The Morgan fingerprint density at radius 2 is 1.59 bits per heavy atom. The van der Waals surface area contributed by atoms with E-state index in [2.05, 4.69) is 24.9 Å². The summed E-state index contributed by atoms with van der Waals surface area (Å²) >= 11 is 0. The van der Waals surface area contributed by atoms with Gasteiger partial charge in [0.2, 0.25) is 5.95 Å². The number of alkyl halides is 3. The van der Waals surface area contributed by atoms with Gasteiger partial charge in [-0.05, 0) is 25.1 Å². The van der Waals surface area contributed by atoms with Crippen molar-refractivity contribution >= 4 is 11.8 Å². The van der Waals surface area contributed by atoms with Crippen LogP contribution in [0.3, 0.4) is 0 Å². The molecule has 0 aromatic carbocycles. The summed E-state index contributed by atoms with van der Waals surface area (Å²) in [6.07, 6.45) is -1.11. The summed E-state index contributed by atoms with van der Waals surface area (Å²) in [6, 6.07) is 8.40. The first-order chi connectivity index (χ1) is 13.9. The number of pyridine rings is 1. The van der Waals surface area contributed by atoms with E-state index in [0.29, 0.717) is 32.1 Å². The second kappa shape index (κ2) is 7.61. The molecule has 7 nitrogen and oxygen atoms in total. The van der Waals surface area contributed by atoms with Gasteiger partial charge in [-0.1, -0.05) is 6.07 Å². The fourth-order valence-corrected chi connectivity index (χ4v) is 3.15. The van der Waals surface area contributed by atoms with E-state index >= 15 is 0 Å². The van der Waals surface area contributed by atoms with E-state index in [9.17, 15) is 13.2 Å². The van der Waals surface area contributed by atoms with Gasteiger partial charge < -0.3 is 9.80 Å². The lowest BCUT2D eigenvalue weighted by Gasteiger charge is -2.35. The third-order valence-corrected chi connectivity index (χ3v) is 4.57. The molecule has 150 valence electrons. The largest absolute Gasteiger partial charge is 0.433 e. The smallest absolute Gasteiger partial charge is 0.353 e. The van der Waals surface area contributed by atoms with Crippen LogP contribution in [0, 0.1) is 6.92 Å². The van der Waals surface area contributed by atoms with E-state index in [-0.39, 0.29) is 11.6 Å². The van der Waals surface area contributed by atoms with Crippen LogP contribution in [-0.4, -0.2) is 51.1 Å². The Hall–Kier alpha value is -3.30. The molecule has 29 heavy (non-hydrogen) atoms. The Bertz CT molecular complexity index is 987. The lowest BCUT2D eigenvalue weighted by Crippen LogP contribution is -2.47. The molecule has 0 aliphatic carbocycles. The fourth-order valence-electron chi connectivity index (χ4n) is 3.15. The molecule has 10 heteroatoms. The van der Waals surface area contributed by atoms with E-state index < -0.39 is 11.9 Å². The zero-order chi connectivity index (χ0) is 20.4. The average molecular weight is 401 g/mol. The van der Waals surface area contributed by atoms with Crippen LogP contribution in [-0.2, 0) is 6.18 Å². The summed E-state index contributed by atoms with van der Waals surface area (Å²) in [5.41, 5.74) is 0.555. The maximum absolute atomic E-state index is 13.0. The Balaban J connectivity index is 1.49. The van der Waals surface area contributed by atoms with Gasteiger partial charge in [0.05, 0.1) is 11.4 Å². The number of halogens is 3. The van der Waals surface area contributed by atoms with E-state index in [4.69, 9.17) is 0 Å². The molecule has 0 amide bonds. The number of aromatic nitrogens is 5. The molecule has 0 saturated carbocycles. The van der Waals surface area contributed by atoms with E-state index in [0.717, 1.165) is 17.5 Å². The van der Waals surface area contributed by atoms with Gasteiger partial charge in [0.15, 0.2) is 0 Å². The normalized spacial score (nSPS) is 14.9. The minimum Gasteiger partial charge on any atom is -0.353 e. The number of hydrogen-bond acceptors (Lipinski definition) is 7. The maximum Gasteiger partial charge on any atom is 0.433 e. The molecule has 0 atom stereocenters. The molecule has 1 saturated heterocycles. The number of hydrogen-bond donors (Lipinski definition) is 0. The van der Waals surface area contributed by atoms with E-state index in [1.807, 2.05) is 28.0 Å². The van der Waals surface area contributed by atoms with Crippen molar-refractivity contribution in [2.24, 2.45) is 0 Å². The van der Waals surface area contributed by atoms with Gasteiger partial charge >= 0.3 is 6.18 Å². The highest BCUT2D eigenvalue weighted by Crippen LogP contribution is 2.30. The van der Waals surface area contributed by atoms with Crippen molar-refractivity contribution in [3.8, 4) is 11.4 Å². The van der Waals surface area contributed by atoms with Crippen molar-refractivity contribution in [2.75, 3.05) is 36.0 Å².